The maximum atomic E-state index is 13.1. The topological polar surface area (TPSA) is 86.3 Å². The molecule has 1 aliphatic rings. The van der Waals surface area contributed by atoms with E-state index < -0.39 is 11.4 Å². The maximum absolute atomic E-state index is 13.1. The number of rotatable bonds is 5. The Kier molecular flexibility index (Phi) is 5.16. The zero-order chi connectivity index (χ0) is 20.3. The molecule has 0 radical (unpaired) electrons. The summed E-state index contributed by atoms with van der Waals surface area (Å²) in [4.78, 5) is 34.1. The van der Waals surface area contributed by atoms with Gasteiger partial charge in [0, 0.05) is 18.7 Å². The number of nitrogens with zero attached hydrogens (tertiary/aromatic N) is 2. The molecule has 1 amide bonds. The third-order valence-electron chi connectivity index (χ3n) is 5.60. The average Bonchev–Trinajstić information content (AvgIpc) is 3.22. The lowest BCUT2D eigenvalue weighted by atomic mass is 9.76. The Morgan fingerprint density at radius 2 is 2.03 bits per heavy atom. The first-order valence-electron chi connectivity index (χ1n) is 9.75. The molecule has 1 aliphatic heterocycles. The highest BCUT2D eigenvalue weighted by molar-refractivity contribution is 5.97. The summed E-state index contributed by atoms with van der Waals surface area (Å²) in [6.45, 7) is 0.776. The minimum absolute atomic E-state index is 0.140. The van der Waals surface area contributed by atoms with Crippen LogP contribution in [-0.4, -0.2) is 44.9 Å². The molecule has 1 aromatic heterocycles. The minimum atomic E-state index is -0.961. The van der Waals surface area contributed by atoms with E-state index >= 15 is 0 Å². The highest BCUT2D eigenvalue weighted by Gasteiger charge is 2.42. The monoisotopic (exact) mass is 389 g/mol. The van der Waals surface area contributed by atoms with Crippen LogP contribution in [0.5, 0.6) is 0 Å². The van der Waals surface area contributed by atoms with Crippen LogP contribution in [0.4, 0.5) is 0 Å². The molecule has 6 heteroatoms. The quantitative estimate of drug-likeness (QED) is 0.691. The first kappa shape index (κ1) is 18.9. The first-order chi connectivity index (χ1) is 14.1. The largest absolute Gasteiger partial charge is 0.481 e. The van der Waals surface area contributed by atoms with Gasteiger partial charge in [-0.25, -0.2) is 4.98 Å². The smallest absolute Gasteiger partial charge is 0.311 e. The van der Waals surface area contributed by atoms with E-state index in [1.807, 2.05) is 42.5 Å². The van der Waals surface area contributed by atoms with Crippen LogP contribution in [0.15, 0.2) is 60.9 Å². The van der Waals surface area contributed by atoms with Crippen molar-refractivity contribution in [2.75, 3.05) is 13.1 Å². The summed E-state index contributed by atoms with van der Waals surface area (Å²) in [7, 11) is 0. The summed E-state index contributed by atoms with van der Waals surface area (Å²) in [5.74, 6) is -0.990. The van der Waals surface area contributed by atoms with Crippen molar-refractivity contribution >= 4 is 29.0 Å². The third kappa shape index (κ3) is 3.92. The van der Waals surface area contributed by atoms with Crippen molar-refractivity contribution in [3.63, 3.8) is 0 Å². The maximum Gasteiger partial charge on any atom is 0.311 e. The second-order valence-electron chi connectivity index (χ2n) is 7.57. The number of carboxylic acid groups (broad SMARTS) is 1. The number of aromatic nitrogens is 2. The molecule has 1 fully saturated rings. The van der Waals surface area contributed by atoms with Crippen molar-refractivity contribution in [1.29, 1.82) is 0 Å². The van der Waals surface area contributed by atoms with Gasteiger partial charge in [-0.2, -0.15) is 0 Å². The van der Waals surface area contributed by atoms with Crippen LogP contribution >= 0.6 is 0 Å². The summed E-state index contributed by atoms with van der Waals surface area (Å²) in [6.07, 6.45) is 7.06. The number of aromatic amines is 1. The molecule has 2 N–H and O–H groups in total. The molecule has 1 atom stereocenters. The van der Waals surface area contributed by atoms with Gasteiger partial charge in [0.05, 0.1) is 22.8 Å². The molecule has 2 heterocycles. The van der Waals surface area contributed by atoms with Crippen molar-refractivity contribution in [3.8, 4) is 0 Å². The molecule has 0 aliphatic carbocycles. The Hall–Kier alpha value is -3.41. The fraction of sp³-hybridized carbons (Fsp3) is 0.261. The lowest BCUT2D eigenvalue weighted by Crippen LogP contribution is -2.49. The molecule has 4 rings (SSSR count). The van der Waals surface area contributed by atoms with Gasteiger partial charge in [-0.3, -0.25) is 9.59 Å². The normalized spacial score (nSPS) is 19.7. The summed E-state index contributed by atoms with van der Waals surface area (Å²) >= 11 is 0. The van der Waals surface area contributed by atoms with Gasteiger partial charge in [-0.05, 0) is 43.0 Å². The number of hydrogen-bond acceptors (Lipinski definition) is 3. The second-order valence-corrected chi connectivity index (χ2v) is 7.57. The number of nitrogens with one attached hydrogen (secondary N) is 1. The summed E-state index contributed by atoms with van der Waals surface area (Å²) < 4.78 is 0. The zero-order valence-electron chi connectivity index (χ0n) is 16.0. The Balaban J connectivity index is 1.52. The van der Waals surface area contributed by atoms with E-state index in [1.165, 1.54) is 0 Å². The van der Waals surface area contributed by atoms with Crippen LogP contribution in [0.1, 0.15) is 35.2 Å². The lowest BCUT2D eigenvalue weighted by molar-refractivity contribution is -0.151. The number of benzene rings is 2. The number of H-pyrrole nitrogens is 1. The Bertz CT molecular complexity index is 1060. The molecular formula is C23H23N3O3. The van der Waals surface area contributed by atoms with Gasteiger partial charge in [0.1, 0.15) is 0 Å². The van der Waals surface area contributed by atoms with Crippen LogP contribution in [0, 0.1) is 5.41 Å². The molecule has 2 aromatic carbocycles. The van der Waals surface area contributed by atoms with Crippen LogP contribution < -0.4 is 0 Å². The summed E-state index contributed by atoms with van der Waals surface area (Å²) in [5, 5.41) is 9.98. The number of carboxylic acids is 1. The number of allylic oxidation sites excluding steroid dienone is 1. The molecule has 29 heavy (non-hydrogen) atoms. The number of piperidine rings is 1. The molecule has 0 bridgehead atoms. The third-order valence-corrected chi connectivity index (χ3v) is 5.60. The van der Waals surface area contributed by atoms with E-state index in [1.54, 1.807) is 29.4 Å². The van der Waals surface area contributed by atoms with E-state index in [9.17, 15) is 14.7 Å². The van der Waals surface area contributed by atoms with Crippen molar-refractivity contribution in [1.82, 2.24) is 14.9 Å². The van der Waals surface area contributed by atoms with E-state index in [0.717, 1.165) is 16.6 Å². The Labute approximate surface area is 168 Å². The van der Waals surface area contributed by atoms with E-state index in [-0.39, 0.29) is 12.5 Å². The van der Waals surface area contributed by atoms with Crippen LogP contribution in [0.25, 0.3) is 17.1 Å². The van der Waals surface area contributed by atoms with Gasteiger partial charge in [-0.1, -0.05) is 42.5 Å². The first-order valence-corrected chi connectivity index (χ1v) is 9.75. The molecule has 0 spiro atoms. The summed E-state index contributed by atoms with van der Waals surface area (Å²) in [5.41, 5.74) is 2.21. The molecule has 1 unspecified atom stereocenters. The number of aliphatic carboxylic acids is 1. The predicted molar refractivity (Wildman–Crippen MR) is 111 cm³/mol. The van der Waals surface area contributed by atoms with Crippen LogP contribution in [0.3, 0.4) is 0 Å². The van der Waals surface area contributed by atoms with Crippen molar-refractivity contribution in [2.24, 2.45) is 5.41 Å². The zero-order valence-corrected chi connectivity index (χ0v) is 16.0. The van der Waals surface area contributed by atoms with Gasteiger partial charge in [0.15, 0.2) is 0 Å². The van der Waals surface area contributed by atoms with Crippen molar-refractivity contribution in [3.05, 3.63) is 72.1 Å². The summed E-state index contributed by atoms with van der Waals surface area (Å²) in [6, 6.07) is 15.1. The van der Waals surface area contributed by atoms with Crippen molar-refractivity contribution in [2.45, 2.75) is 19.3 Å². The number of amides is 1. The SMILES string of the molecule is O=C(c1ccc2nc[nH]c2c1)N1CCCC(CC=Cc2ccccc2)(C(=O)O)C1. The van der Waals surface area contributed by atoms with Gasteiger partial charge >= 0.3 is 5.97 Å². The predicted octanol–water partition coefficient (Wildman–Crippen LogP) is 3.97. The highest BCUT2D eigenvalue weighted by atomic mass is 16.4. The lowest BCUT2D eigenvalue weighted by Gasteiger charge is -2.39. The Morgan fingerprint density at radius 1 is 1.21 bits per heavy atom. The number of carbonyl (C=O) groups is 2. The van der Waals surface area contributed by atoms with Crippen LogP contribution in [-0.2, 0) is 4.79 Å². The minimum Gasteiger partial charge on any atom is -0.481 e. The van der Waals surface area contributed by atoms with E-state index in [0.29, 0.717) is 31.4 Å². The molecule has 6 nitrogen and oxygen atoms in total. The molecule has 0 saturated carbocycles. The van der Waals surface area contributed by atoms with Gasteiger partial charge in [0.2, 0.25) is 0 Å². The molecule has 3 aromatic rings. The standard InChI is InChI=1S/C23H23N3O3/c27-21(18-9-10-19-20(14-18)25-16-24-19)26-13-5-12-23(15-26,22(28)29)11-4-8-17-6-2-1-3-7-17/h1-4,6-10,14,16H,5,11-13,15H2,(H,24,25)(H,28,29). The fourth-order valence-corrected chi connectivity index (χ4v) is 3.97. The second kappa shape index (κ2) is 7.91. The molecule has 148 valence electrons. The van der Waals surface area contributed by atoms with E-state index in [2.05, 4.69) is 9.97 Å². The van der Waals surface area contributed by atoms with E-state index in [4.69, 9.17) is 0 Å². The Morgan fingerprint density at radius 3 is 2.83 bits per heavy atom. The number of carbonyl (C=O) groups excluding carboxylic acids is 1. The van der Waals surface area contributed by atoms with Crippen molar-refractivity contribution < 1.29 is 14.7 Å². The fourth-order valence-electron chi connectivity index (χ4n) is 3.97. The van der Waals surface area contributed by atoms with Crippen LogP contribution in [0.2, 0.25) is 0 Å². The molecule has 1 saturated heterocycles. The van der Waals surface area contributed by atoms with Gasteiger partial charge in [-0.15, -0.1) is 0 Å². The van der Waals surface area contributed by atoms with Gasteiger partial charge < -0.3 is 15.0 Å². The number of fused-ring (bicyclic) bond motifs is 1. The number of imidazole rings is 1. The highest BCUT2D eigenvalue weighted by Crippen LogP contribution is 2.35. The number of hydrogen-bond donors (Lipinski definition) is 2. The average molecular weight is 389 g/mol. The van der Waals surface area contributed by atoms with Gasteiger partial charge in [0.25, 0.3) is 5.91 Å². The molecular weight excluding hydrogens is 366 g/mol. The number of likely N-dealkylation sites (tertiary alicyclic amines) is 1.